The van der Waals surface area contributed by atoms with Gasteiger partial charge in [-0.25, -0.2) is 0 Å². The van der Waals surface area contributed by atoms with Gasteiger partial charge < -0.3 is 25.3 Å². The molecule has 0 rings (SSSR count). The first-order valence-electron chi connectivity index (χ1n) is 4.87. The van der Waals surface area contributed by atoms with Gasteiger partial charge in [-0.05, 0) is 0 Å². The van der Waals surface area contributed by atoms with Crippen LogP contribution in [0.4, 0.5) is 0 Å². The highest BCUT2D eigenvalue weighted by atomic mass is 16.7. The molecule has 0 radical (unpaired) electrons. The lowest BCUT2D eigenvalue weighted by atomic mass is 10.2. The van der Waals surface area contributed by atoms with E-state index >= 15 is 0 Å². The van der Waals surface area contributed by atoms with Gasteiger partial charge in [-0.2, -0.15) is 0 Å². The minimum absolute atomic E-state index is 0.155. The normalized spacial score (nSPS) is 11.6. The molecule has 3 N–H and O–H groups in total. The number of rotatable bonds is 9. The fourth-order valence-electron chi connectivity index (χ4n) is 1.02. The van der Waals surface area contributed by atoms with E-state index in [4.69, 9.17) is 15.2 Å². The molecule has 0 fully saturated rings. The molecule has 0 aliphatic heterocycles. The van der Waals surface area contributed by atoms with Gasteiger partial charge in [0.1, 0.15) is 12.2 Å². The number of carbonyl (C=O) groups is 2. The number of carbonyl (C=O) groups excluding carboxylic acids is 2. The van der Waals surface area contributed by atoms with E-state index in [2.05, 4.69) is 10.1 Å². The highest BCUT2D eigenvalue weighted by Crippen LogP contribution is 1.95. The van der Waals surface area contributed by atoms with Crippen molar-refractivity contribution >= 4 is 11.7 Å². The summed E-state index contributed by atoms with van der Waals surface area (Å²) in [6.45, 7) is 0.0818. The van der Waals surface area contributed by atoms with Crippen molar-refractivity contribution in [3.63, 3.8) is 0 Å². The maximum atomic E-state index is 11.4. The summed E-state index contributed by atoms with van der Waals surface area (Å²) in [7, 11) is 4.31. The van der Waals surface area contributed by atoms with Crippen molar-refractivity contribution in [2.24, 2.45) is 5.73 Å². The zero-order chi connectivity index (χ0) is 13.3. The van der Waals surface area contributed by atoms with Crippen molar-refractivity contribution in [2.75, 3.05) is 34.5 Å². The summed E-state index contributed by atoms with van der Waals surface area (Å²) in [5, 5.41) is 2.72. The molecular weight excluding hydrogens is 228 g/mol. The summed E-state index contributed by atoms with van der Waals surface area (Å²) in [5.74, 6) is -1.30. The molecule has 0 atom stereocenters. The van der Waals surface area contributed by atoms with Crippen molar-refractivity contribution < 1.29 is 23.8 Å². The standard InChI is InChI=1S/C10H18N2O5/c1-15-6-8(13)7(10(11)14)4-12-5-9(16-2)17-3/h4,9,12H,5-6H2,1-3H3,(H2,11,14)/b7-4+. The van der Waals surface area contributed by atoms with E-state index in [9.17, 15) is 9.59 Å². The lowest BCUT2D eigenvalue weighted by Crippen LogP contribution is -2.30. The van der Waals surface area contributed by atoms with E-state index in [1.807, 2.05) is 0 Å². The monoisotopic (exact) mass is 246 g/mol. The first kappa shape index (κ1) is 15.6. The van der Waals surface area contributed by atoms with Crippen LogP contribution in [0.2, 0.25) is 0 Å². The molecule has 17 heavy (non-hydrogen) atoms. The van der Waals surface area contributed by atoms with Gasteiger partial charge in [-0.15, -0.1) is 0 Å². The Kier molecular flexibility index (Phi) is 7.95. The van der Waals surface area contributed by atoms with Crippen molar-refractivity contribution in [1.29, 1.82) is 0 Å². The Morgan fingerprint density at radius 1 is 1.29 bits per heavy atom. The molecule has 0 saturated carbocycles. The number of nitrogens with one attached hydrogen (secondary N) is 1. The van der Waals surface area contributed by atoms with Crippen LogP contribution in [0.15, 0.2) is 11.8 Å². The number of hydrogen-bond acceptors (Lipinski definition) is 6. The van der Waals surface area contributed by atoms with Crippen LogP contribution in [-0.4, -0.2) is 52.5 Å². The molecule has 0 aromatic heterocycles. The molecule has 0 spiro atoms. The molecule has 0 heterocycles. The van der Waals surface area contributed by atoms with Crippen molar-refractivity contribution in [3.05, 3.63) is 11.8 Å². The first-order valence-corrected chi connectivity index (χ1v) is 4.87. The highest BCUT2D eigenvalue weighted by molar-refractivity contribution is 6.19. The van der Waals surface area contributed by atoms with E-state index in [0.717, 1.165) is 0 Å². The average Bonchev–Trinajstić information content (AvgIpc) is 2.29. The zero-order valence-electron chi connectivity index (χ0n) is 10.2. The topological polar surface area (TPSA) is 99.9 Å². The number of primary amides is 1. The number of nitrogens with two attached hydrogens (primary N) is 1. The molecule has 98 valence electrons. The number of Topliss-reactive ketones (excluding diaryl/α,β-unsaturated/α-hetero) is 1. The zero-order valence-corrected chi connectivity index (χ0v) is 10.2. The summed E-state index contributed by atoms with van der Waals surface area (Å²) >= 11 is 0. The van der Waals surface area contributed by atoms with Gasteiger partial charge in [-0.3, -0.25) is 9.59 Å². The summed E-state index contributed by atoms with van der Waals surface area (Å²) < 4.78 is 14.4. The van der Waals surface area contributed by atoms with E-state index < -0.39 is 18.0 Å². The molecular formula is C10H18N2O5. The molecule has 1 amide bonds. The Bertz CT molecular complexity index is 286. The molecule has 0 bridgehead atoms. The van der Waals surface area contributed by atoms with Crippen LogP contribution in [0.25, 0.3) is 0 Å². The number of ether oxygens (including phenoxy) is 3. The van der Waals surface area contributed by atoms with Gasteiger partial charge in [0, 0.05) is 27.5 Å². The molecule has 7 heteroatoms. The van der Waals surface area contributed by atoms with Gasteiger partial charge in [0.2, 0.25) is 0 Å². The summed E-state index contributed by atoms with van der Waals surface area (Å²) in [6.07, 6.45) is 0.757. The number of hydrogen-bond donors (Lipinski definition) is 2. The maximum Gasteiger partial charge on any atom is 0.253 e. The second-order valence-corrected chi connectivity index (χ2v) is 3.09. The maximum absolute atomic E-state index is 11.4. The predicted octanol–water partition coefficient (Wildman–Crippen LogP) is -1.22. The van der Waals surface area contributed by atoms with Crippen LogP contribution >= 0.6 is 0 Å². The third-order valence-corrected chi connectivity index (χ3v) is 1.90. The molecule has 0 saturated heterocycles. The largest absolute Gasteiger partial charge is 0.385 e. The lowest BCUT2D eigenvalue weighted by molar-refractivity contribution is -0.123. The van der Waals surface area contributed by atoms with Crippen LogP contribution in [0, 0.1) is 0 Å². The van der Waals surface area contributed by atoms with Gasteiger partial charge >= 0.3 is 0 Å². The molecule has 0 aromatic rings. The fourth-order valence-corrected chi connectivity index (χ4v) is 1.02. The van der Waals surface area contributed by atoms with Crippen LogP contribution in [0.5, 0.6) is 0 Å². The molecule has 0 aromatic carbocycles. The van der Waals surface area contributed by atoms with Crippen LogP contribution < -0.4 is 11.1 Å². The van der Waals surface area contributed by atoms with Crippen molar-refractivity contribution in [2.45, 2.75) is 6.29 Å². The second-order valence-electron chi connectivity index (χ2n) is 3.09. The third-order valence-electron chi connectivity index (χ3n) is 1.90. The van der Waals surface area contributed by atoms with Crippen molar-refractivity contribution in [1.82, 2.24) is 5.32 Å². The van der Waals surface area contributed by atoms with E-state index in [0.29, 0.717) is 0 Å². The quantitative estimate of drug-likeness (QED) is 0.229. The number of amides is 1. The van der Waals surface area contributed by atoms with Gasteiger partial charge in [0.25, 0.3) is 5.91 Å². The Morgan fingerprint density at radius 3 is 2.29 bits per heavy atom. The SMILES string of the molecule is COCC(=O)/C(=C\NCC(OC)OC)C(N)=O. The molecule has 0 aliphatic rings. The fraction of sp³-hybridized carbons (Fsp3) is 0.600. The van der Waals surface area contributed by atoms with Gasteiger partial charge in [0.15, 0.2) is 12.1 Å². The molecule has 0 unspecified atom stereocenters. The summed E-state index contributed by atoms with van der Waals surface area (Å²) in [6, 6.07) is 0. The predicted molar refractivity (Wildman–Crippen MR) is 60.0 cm³/mol. The van der Waals surface area contributed by atoms with Crippen LogP contribution in [0.3, 0.4) is 0 Å². The Labute approximate surface area is 99.9 Å². The van der Waals surface area contributed by atoms with E-state index in [-0.39, 0.29) is 18.7 Å². The third kappa shape index (κ3) is 6.00. The van der Waals surface area contributed by atoms with Crippen LogP contribution in [0.1, 0.15) is 0 Å². The average molecular weight is 246 g/mol. The first-order chi connectivity index (χ1) is 8.06. The van der Waals surface area contributed by atoms with E-state index in [1.165, 1.54) is 27.5 Å². The number of ketones is 1. The smallest absolute Gasteiger partial charge is 0.253 e. The minimum Gasteiger partial charge on any atom is -0.385 e. The van der Waals surface area contributed by atoms with E-state index in [1.54, 1.807) is 0 Å². The molecule has 7 nitrogen and oxygen atoms in total. The second kappa shape index (κ2) is 8.68. The Balaban J connectivity index is 4.41. The summed E-state index contributed by atoms with van der Waals surface area (Å²) in [4.78, 5) is 22.4. The van der Waals surface area contributed by atoms with Gasteiger partial charge in [0.05, 0.1) is 6.54 Å². The number of methoxy groups -OCH3 is 3. The minimum atomic E-state index is -0.814. The van der Waals surface area contributed by atoms with Gasteiger partial charge in [-0.1, -0.05) is 0 Å². The lowest BCUT2D eigenvalue weighted by Gasteiger charge is -2.13. The Hall–Kier alpha value is -1.44. The highest BCUT2D eigenvalue weighted by Gasteiger charge is 2.15. The molecule has 0 aliphatic carbocycles. The van der Waals surface area contributed by atoms with Crippen molar-refractivity contribution in [3.8, 4) is 0 Å². The Morgan fingerprint density at radius 2 is 1.88 bits per heavy atom. The van der Waals surface area contributed by atoms with Crippen LogP contribution in [-0.2, 0) is 23.8 Å². The summed E-state index contributed by atoms with van der Waals surface area (Å²) in [5.41, 5.74) is 4.91.